The van der Waals surface area contributed by atoms with Gasteiger partial charge in [0.2, 0.25) is 11.7 Å². The van der Waals surface area contributed by atoms with Crippen molar-refractivity contribution in [2.24, 2.45) is 17.6 Å². The molecule has 0 aliphatic heterocycles. The average Bonchev–Trinajstić information content (AvgIpc) is 2.91. The number of amides is 2. The number of carbonyl (C=O) groups excluding carboxylic acids is 4. The van der Waals surface area contributed by atoms with Gasteiger partial charge in [-0.15, -0.1) is 0 Å². The maximum atomic E-state index is 14.1. The first-order valence-corrected chi connectivity index (χ1v) is 14.5. The topological polar surface area (TPSA) is 214 Å². The number of likely N-dealkylation sites (N-methyl/N-ethyl adjacent to an activating group) is 2. The van der Waals surface area contributed by atoms with Crippen molar-refractivity contribution in [1.29, 1.82) is 0 Å². The summed E-state index contributed by atoms with van der Waals surface area (Å²) in [5.41, 5.74) is 0.623. The number of nitrogens with one attached hydrogen (secondary N) is 1. The number of fused-ring (bicyclic) bond motifs is 3. The SMILES string of the molecule is CCC(C(=O)Nc1ccc2c(c1O)C(O)=C1C(=O)C3(O)C(O)=C(C(N)=O)C(=O)[C@@H](N(C)C)C3C(O)C1C2C)N(C)C(C)(C)C. The fourth-order valence-corrected chi connectivity index (χ4v) is 7.04. The Labute approximate surface area is 255 Å². The number of phenolic OH excluding ortho intramolecular Hbond substituents is 1. The summed E-state index contributed by atoms with van der Waals surface area (Å²) in [6, 6.07) is 1.01. The molecule has 1 aromatic rings. The summed E-state index contributed by atoms with van der Waals surface area (Å²) in [7, 11) is 4.70. The van der Waals surface area contributed by atoms with Gasteiger partial charge in [-0.05, 0) is 65.9 Å². The number of hydrogen-bond acceptors (Lipinski definition) is 11. The fourth-order valence-electron chi connectivity index (χ4n) is 7.04. The van der Waals surface area contributed by atoms with Crippen LogP contribution < -0.4 is 11.1 Å². The minimum Gasteiger partial charge on any atom is -0.508 e. The number of nitrogens with two attached hydrogens (primary N) is 1. The van der Waals surface area contributed by atoms with Gasteiger partial charge in [0.15, 0.2) is 11.4 Å². The first-order valence-electron chi connectivity index (χ1n) is 14.5. The minimum atomic E-state index is -3.00. The second-order valence-corrected chi connectivity index (χ2v) is 13.2. The van der Waals surface area contributed by atoms with Crippen molar-refractivity contribution in [3.8, 4) is 5.75 Å². The number of aromatic hydroxyl groups is 1. The highest BCUT2D eigenvalue weighted by Gasteiger charge is 2.68. The molecule has 1 aromatic carbocycles. The van der Waals surface area contributed by atoms with Crippen LogP contribution in [0.25, 0.3) is 5.76 Å². The molecule has 0 radical (unpaired) electrons. The largest absolute Gasteiger partial charge is 0.508 e. The van der Waals surface area contributed by atoms with Gasteiger partial charge in [0.05, 0.1) is 35.4 Å². The summed E-state index contributed by atoms with van der Waals surface area (Å²) in [4.78, 5) is 56.1. The molecule has 1 saturated carbocycles. The van der Waals surface area contributed by atoms with Crippen molar-refractivity contribution >= 4 is 34.8 Å². The number of hydrogen-bond donors (Lipinski definition) is 7. The summed E-state index contributed by atoms with van der Waals surface area (Å²) in [5, 5.41) is 60.1. The van der Waals surface area contributed by atoms with Gasteiger partial charge in [-0.25, -0.2) is 0 Å². The van der Waals surface area contributed by atoms with Crippen LogP contribution in [0.3, 0.4) is 0 Å². The molecule has 6 unspecified atom stereocenters. The number of primary amides is 1. The van der Waals surface area contributed by atoms with Crippen molar-refractivity contribution in [3.05, 3.63) is 40.2 Å². The molecule has 0 bridgehead atoms. The Morgan fingerprint density at radius 3 is 2.20 bits per heavy atom. The molecule has 4 rings (SSSR count). The number of Topliss-reactive ketones (excluding diaryl/α,β-unsaturated/α-hetero) is 2. The Hall–Kier alpha value is -3.78. The van der Waals surface area contributed by atoms with E-state index in [0.29, 0.717) is 12.0 Å². The van der Waals surface area contributed by atoms with Gasteiger partial charge in [0.1, 0.15) is 22.8 Å². The van der Waals surface area contributed by atoms with Gasteiger partial charge in [0, 0.05) is 17.0 Å². The van der Waals surface area contributed by atoms with Crippen LogP contribution in [0.1, 0.15) is 58.1 Å². The second kappa shape index (κ2) is 11.0. The van der Waals surface area contributed by atoms with Gasteiger partial charge < -0.3 is 36.6 Å². The number of benzene rings is 1. The van der Waals surface area contributed by atoms with E-state index in [2.05, 4.69) is 5.32 Å². The van der Waals surface area contributed by atoms with Gasteiger partial charge in [-0.3, -0.25) is 29.0 Å². The molecule has 3 aliphatic rings. The maximum Gasteiger partial charge on any atom is 0.255 e. The molecule has 0 spiro atoms. The third kappa shape index (κ3) is 4.61. The lowest BCUT2D eigenvalue weighted by Gasteiger charge is -2.53. The lowest BCUT2D eigenvalue weighted by atomic mass is 9.54. The minimum absolute atomic E-state index is 0.0394. The Kier molecular flexibility index (Phi) is 8.27. The number of anilines is 1. The molecule has 0 heterocycles. The third-order valence-corrected chi connectivity index (χ3v) is 9.60. The van der Waals surface area contributed by atoms with Crippen LogP contribution in [-0.4, -0.2) is 109 Å². The van der Waals surface area contributed by atoms with Crippen LogP contribution in [0, 0.1) is 11.8 Å². The van der Waals surface area contributed by atoms with Crippen LogP contribution >= 0.6 is 0 Å². The van der Waals surface area contributed by atoms with Crippen molar-refractivity contribution in [2.45, 2.75) is 76.3 Å². The van der Waals surface area contributed by atoms with Gasteiger partial charge >= 0.3 is 0 Å². The van der Waals surface area contributed by atoms with E-state index in [1.54, 1.807) is 13.0 Å². The highest BCUT2D eigenvalue weighted by atomic mass is 16.4. The van der Waals surface area contributed by atoms with Crippen molar-refractivity contribution in [3.63, 3.8) is 0 Å². The Morgan fingerprint density at radius 2 is 1.70 bits per heavy atom. The van der Waals surface area contributed by atoms with Crippen LogP contribution in [-0.2, 0) is 19.2 Å². The summed E-state index contributed by atoms with van der Waals surface area (Å²) in [6.07, 6.45) is -1.22. The van der Waals surface area contributed by atoms with Crippen LogP contribution in [0.15, 0.2) is 29.0 Å². The summed E-state index contributed by atoms with van der Waals surface area (Å²) in [5.74, 6) is -10.2. The monoisotopic (exact) mass is 614 g/mol. The number of nitrogens with zero attached hydrogens (tertiary/aromatic N) is 2. The lowest BCUT2D eigenvalue weighted by molar-refractivity contribution is -0.169. The highest BCUT2D eigenvalue weighted by Crippen LogP contribution is 2.56. The van der Waals surface area contributed by atoms with Crippen molar-refractivity contribution in [1.82, 2.24) is 9.80 Å². The molecule has 44 heavy (non-hydrogen) atoms. The fraction of sp³-hybridized carbons (Fsp3) is 0.548. The lowest BCUT2D eigenvalue weighted by Crippen LogP contribution is -2.70. The van der Waals surface area contributed by atoms with E-state index in [9.17, 15) is 44.7 Å². The van der Waals surface area contributed by atoms with Crippen molar-refractivity contribution < 1.29 is 44.7 Å². The van der Waals surface area contributed by atoms with Gasteiger partial charge in [-0.2, -0.15) is 0 Å². The zero-order valence-electron chi connectivity index (χ0n) is 26.2. The molecule has 0 saturated heterocycles. The van der Waals surface area contributed by atoms with Crippen LogP contribution in [0.4, 0.5) is 5.69 Å². The van der Waals surface area contributed by atoms with Crippen molar-refractivity contribution in [2.75, 3.05) is 26.5 Å². The summed E-state index contributed by atoms with van der Waals surface area (Å²) in [6.45, 7) is 9.36. The number of carbonyl (C=O) groups is 4. The van der Waals surface area contributed by atoms with E-state index in [-0.39, 0.29) is 16.8 Å². The van der Waals surface area contributed by atoms with E-state index in [1.165, 1.54) is 25.1 Å². The third-order valence-electron chi connectivity index (χ3n) is 9.60. The highest BCUT2D eigenvalue weighted by molar-refractivity contribution is 6.24. The standard InChI is InChI=1S/C31H42N4O9/c1-9-15(35(8)30(3,4)5)29(43)33-14-11-10-13-12(2)16-18(23(37)17(13)22(14)36)26(40)31(44)20(24(16)38)21(34(6)7)25(39)19(27(31)41)28(32)42/h10-12,15-16,20-21,24,36-38,41,44H,9H2,1-8H3,(H2,32,42)(H,33,43)/t12?,15?,16?,20?,21-,24?,31?/m0/s1. The Bertz CT molecular complexity index is 1510. The molecule has 8 N–H and O–H groups in total. The van der Waals surface area contributed by atoms with E-state index in [0.717, 1.165) is 0 Å². The number of rotatable bonds is 6. The normalized spacial score (nSPS) is 29.4. The quantitative estimate of drug-likeness (QED) is 0.177. The predicted octanol–water partition coefficient (Wildman–Crippen LogP) is 0.943. The number of phenols is 1. The molecule has 240 valence electrons. The summed E-state index contributed by atoms with van der Waals surface area (Å²) >= 11 is 0. The Balaban J connectivity index is 1.89. The molecule has 7 atom stereocenters. The molecule has 2 amide bonds. The van der Waals surface area contributed by atoms with E-state index >= 15 is 0 Å². The molecular weight excluding hydrogens is 572 g/mol. The zero-order chi connectivity index (χ0) is 33.4. The zero-order valence-corrected chi connectivity index (χ0v) is 26.2. The van der Waals surface area contributed by atoms with Gasteiger partial charge in [-0.1, -0.05) is 19.9 Å². The number of aliphatic hydroxyl groups is 4. The van der Waals surface area contributed by atoms with Crippen LogP contribution in [0.5, 0.6) is 5.75 Å². The second-order valence-electron chi connectivity index (χ2n) is 13.2. The number of aliphatic hydroxyl groups excluding tert-OH is 3. The van der Waals surface area contributed by atoms with Gasteiger partial charge in [0.25, 0.3) is 5.91 Å². The molecule has 13 heteroatoms. The van der Waals surface area contributed by atoms with Crippen LogP contribution in [0.2, 0.25) is 0 Å². The maximum absolute atomic E-state index is 14.1. The Morgan fingerprint density at radius 1 is 1.11 bits per heavy atom. The van der Waals surface area contributed by atoms with E-state index < -0.39 is 93.3 Å². The first-order chi connectivity index (χ1) is 20.2. The molecule has 1 fully saturated rings. The van der Waals surface area contributed by atoms with E-state index in [1.807, 2.05) is 39.6 Å². The average molecular weight is 615 g/mol. The molecule has 0 aromatic heterocycles. The smallest absolute Gasteiger partial charge is 0.255 e. The summed E-state index contributed by atoms with van der Waals surface area (Å²) < 4.78 is 0. The molecule has 3 aliphatic carbocycles. The molecular formula is C31H42N4O9. The first kappa shape index (κ1) is 33.1. The molecule has 13 nitrogen and oxygen atoms in total. The predicted molar refractivity (Wildman–Crippen MR) is 161 cm³/mol. The van der Waals surface area contributed by atoms with E-state index in [4.69, 9.17) is 5.73 Å². The number of ketones is 2.